The Morgan fingerprint density at radius 3 is 2.63 bits per heavy atom. The molecule has 5 rings (SSSR count). The Morgan fingerprint density at radius 1 is 1.10 bits per heavy atom. The number of hydrogen-bond donors (Lipinski definition) is 2. The van der Waals surface area contributed by atoms with Crippen LogP contribution in [0.3, 0.4) is 0 Å². The lowest BCUT2D eigenvalue weighted by molar-refractivity contribution is -0.116. The lowest BCUT2D eigenvalue weighted by Gasteiger charge is -2.24. The molecular weight excluding hydrogens is 380 g/mol. The van der Waals surface area contributed by atoms with Gasteiger partial charge < -0.3 is 10.4 Å². The molecule has 0 unspecified atom stereocenters. The molecule has 4 aromatic rings. The van der Waals surface area contributed by atoms with Crippen molar-refractivity contribution >= 4 is 11.7 Å². The molecule has 0 radical (unpaired) electrons. The summed E-state index contributed by atoms with van der Waals surface area (Å²) in [6, 6.07) is 16.6. The highest BCUT2D eigenvalue weighted by molar-refractivity contribution is 5.95. The van der Waals surface area contributed by atoms with Gasteiger partial charge >= 0.3 is 0 Å². The van der Waals surface area contributed by atoms with Crippen LogP contribution in [0, 0.1) is 6.92 Å². The summed E-state index contributed by atoms with van der Waals surface area (Å²) in [6.45, 7) is 1.90. The quantitative estimate of drug-likeness (QED) is 0.549. The van der Waals surface area contributed by atoms with Gasteiger partial charge in [0, 0.05) is 23.5 Å². The van der Waals surface area contributed by atoms with Crippen LogP contribution in [0.4, 0.5) is 5.82 Å². The Balaban J connectivity index is 1.62. The van der Waals surface area contributed by atoms with Crippen molar-refractivity contribution in [1.82, 2.24) is 25.0 Å². The third-order valence-electron chi connectivity index (χ3n) is 5.20. The largest absolute Gasteiger partial charge is 0.508 e. The van der Waals surface area contributed by atoms with Crippen LogP contribution in [0.5, 0.6) is 5.75 Å². The number of phenols is 1. The molecule has 0 saturated heterocycles. The van der Waals surface area contributed by atoms with E-state index in [9.17, 15) is 9.90 Å². The first-order chi connectivity index (χ1) is 14.6. The fourth-order valence-electron chi connectivity index (χ4n) is 3.82. The minimum atomic E-state index is -0.173. The number of benzene rings is 2. The van der Waals surface area contributed by atoms with E-state index >= 15 is 0 Å². The fraction of sp³-hybridized carbons (Fsp3) is 0.136. The molecule has 30 heavy (non-hydrogen) atoms. The Kier molecular flexibility index (Phi) is 4.24. The maximum absolute atomic E-state index is 12.5. The Hall–Kier alpha value is -4.07. The van der Waals surface area contributed by atoms with Gasteiger partial charge in [0.25, 0.3) is 5.95 Å². The minimum Gasteiger partial charge on any atom is -0.508 e. The summed E-state index contributed by atoms with van der Waals surface area (Å²) < 4.78 is 1.54. The zero-order valence-electron chi connectivity index (χ0n) is 16.1. The van der Waals surface area contributed by atoms with E-state index in [4.69, 9.17) is 0 Å². The SMILES string of the molecule is Cc1nn(-c2nncc(-c3ccccc3)n2)c2c1[C@@H](c1ccc(O)cc1)CC(=O)N2. The Labute approximate surface area is 172 Å². The van der Waals surface area contributed by atoms with E-state index in [1.807, 2.05) is 49.4 Å². The maximum atomic E-state index is 12.5. The lowest BCUT2D eigenvalue weighted by atomic mass is 9.86. The highest BCUT2D eigenvalue weighted by Gasteiger charge is 2.33. The summed E-state index contributed by atoms with van der Waals surface area (Å²) in [5.74, 6) is 0.729. The molecule has 0 aliphatic carbocycles. The molecule has 0 fully saturated rings. The molecular formula is C22H18N6O2. The molecule has 8 heteroatoms. The predicted molar refractivity (Wildman–Crippen MR) is 110 cm³/mol. The molecule has 2 aromatic heterocycles. The second-order valence-corrected chi connectivity index (χ2v) is 7.16. The van der Waals surface area contributed by atoms with Crippen molar-refractivity contribution in [3.63, 3.8) is 0 Å². The maximum Gasteiger partial charge on any atom is 0.272 e. The second kappa shape index (κ2) is 7.07. The summed E-state index contributed by atoms with van der Waals surface area (Å²) in [7, 11) is 0. The lowest BCUT2D eigenvalue weighted by Crippen LogP contribution is -2.25. The fourth-order valence-corrected chi connectivity index (χ4v) is 3.82. The molecule has 1 aliphatic heterocycles. The number of amides is 1. The number of anilines is 1. The highest BCUT2D eigenvalue weighted by Crippen LogP contribution is 2.40. The zero-order valence-corrected chi connectivity index (χ0v) is 16.1. The van der Waals surface area contributed by atoms with Gasteiger partial charge in [-0.15, -0.1) is 5.10 Å². The molecule has 0 spiro atoms. The molecule has 1 amide bonds. The summed E-state index contributed by atoms with van der Waals surface area (Å²) in [5, 5.41) is 25.4. The van der Waals surface area contributed by atoms with Gasteiger partial charge in [-0.2, -0.15) is 14.9 Å². The number of fused-ring (bicyclic) bond motifs is 1. The Bertz CT molecular complexity index is 1230. The number of aromatic nitrogens is 5. The average molecular weight is 398 g/mol. The highest BCUT2D eigenvalue weighted by atomic mass is 16.3. The standard InChI is InChI=1S/C22H18N6O2/c1-13-20-17(14-7-9-16(29)10-8-14)11-19(30)25-21(20)28(27-13)22-24-18(12-23-26-22)15-5-3-2-4-6-15/h2-10,12,17,29H,11H2,1H3,(H,25,30)/t17-/m1/s1. The molecule has 1 atom stereocenters. The van der Waals surface area contributed by atoms with Crippen LogP contribution in [0.15, 0.2) is 60.8 Å². The summed E-state index contributed by atoms with van der Waals surface area (Å²) in [4.78, 5) is 17.1. The normalized spacial score (nSPS) is 15.5. The Morgan fingerprint density at radius 2 is 1.87 bits per heavy atom. The topological polar surface area (TPSA) is 106 Å². The average Bonchev–Trinajstić information content (AvgIpc) is 3.11. The number of nitrogens with one attached hydrogen (secondary N) is 1. The van der Waals surface area contributed by atoms with Crippen molar-refractivity contribution in [1.29, 1.82) is 0 Å². The molecule has 0 saturated carbocycles. The number of carbonyl (C=O) groups excluding carboxylic acids is 1. The van der Waals surface area contributed by atoms with Crippen LogP contribution in [0.2, 0.25) is 0 Å². The van der Waals surface area contributed by atoms with E-state index in [-0.39, 0.29) is 23.5 Å². The number of rotatable bonds is 3. The van der Waals surface area contributed by atoms with Crippen LogP contribution in [0.25, 0.3) is 17.2 Å². The molecule has 2 aromatic carbocycles. The first kappa shape index (κ1) is 18.0. The van der Waals surface area contributed by atoms with Crippen molar-refractivity contribution in [3.05, 3.63) is 77.6 Å². The van der Waals surface area contributed by atoms with Crippen LogP contribution in [0.1, 0.15) is 29.2 Å². The smallest absolute Gasteiger partial charge is 0.272 e. The molecule has 1 aliphatic rings. The number of aryl methyl sites for hydroxylation is 1. The van der Waals surface area contributed by atoms with E-state index in [2.05, 4.69) is 25.6 Å². The number of aromatic hydroxyl groups is 1. The molecule has 2 N–H and O–H groups in total. The van der Waals surface area contributed by atoms with Crippen molar-refractivity contribution in [2.75, 3.05) is 5.32 Å². The third-order valence-corrected chi connectivity index (χ3v) is 5.20. The monoisotopic (exact) mass is 398 g/mol. The van der Waals surface area contributed by atoms with Crippen molar-refractivity contribution in [2.24, 2.45) is 0 Å². The molecule has 3 heterocycles. The van der Waals surface area contributed by atoms with E-state index in [0.29, 0.717) is 17.9 Å². The van der Waals surface area contributed by atoms with Crippen LogP contribution >= 0.6 is 0 Å². The van der Waals surface area contributed by atoms with Gasteiger partial charge in [0.05, 0.1) is 17.6 Å². The van der Waals surface area contributed by atoms with Gasteiger partial charge in [-0.25, -0.2) is 4.98 Å². The number of hydrogen-bond acceptors (Lipinski definition) is 6. The van der Waals surface area contributed by atoms with Gasteiger partial charge in [0.15, 0.2) is 0 Å². The van der Waals surface area contributed by atoms with Crippen LogP contribution in [-0.2, 0) is 4.79 Å². The van der Waals surface area contributed by atoms with Crippen LogP contribution in [-0.4, -0.2) is 36.0 Å². The van der Waals surface area contributed by atoms with Crippen molar-refractivity contribution < 1.29 is 9.90 Å². The third kappa shape index (κ3) is 3.08. The summed E-state index contributed by atoms with van der Waals surface area (Å²) in [6.07, 6.45) is 1.90. The van der Waals surface area contributed by atoms with E-state index < -0.39 is 0 Å². The van der Waals surface area contributed by atoms with Gasteiger partial charge in [-0.3, -0.25) is 4.79 Å². The molecule has 148 valence electrons. The van der Waals surface area contributed by atoms with E-state index in [1.165, 1.54) is 4.68 Å². The number of carbonyl (C=O) groups is 1. The van der Waals surface area contributed by atoms with Crippen LogP contribution < -0.4 is 5.32 Å². The second-order valence-electron chi connectivity index (χ2n) is 7.16. The predicted octanol–water partition coefficient (Wildman–Crippen LogP) is 3.21. The van der Waals surface area contributed by atoms with Gasteiger partial charge in [0.2, 0.25) is 5.91 Å². The number of nitrogens with zero attached hydrogens (tertiary/aromatic N) is 5. The van der Waals surface area contributed by atoms with Gasteiger partial charge in [-0.1, -0.05) is 42.5 Å². The van der Waals surface area contributed by atoms with Crippen molar-refractivity contribution in [3.8, 4) is 23.0 Å². The van der Waals surface area contributed by atoms with E-state index in [1.54, 1.807) is 18.3 Å². The first-order valence-electron chi connectivity index (χ1n) is 9.54. The van der Waals surface area contributed by atoms with E-state index in [0.717, 1.165) is 22.4 Å². The minimum absolute atomic E-state index is 0.117. The van der Waals surface area contributed by atoms with Crippen molar-refractivity contribution in [2.45, 2.75) is 19.3 Å². The number of phenolic OH excluding ortho intramolecular Hbond substituents is 1. The first-order valence-corrected chi connectivity index (χ1v) is 9.54. The summed E-state index contributed by atoms with van der Waals surface area (Å²) >= 11 is 0. The van der Waals surface area contributed by atoms with Gasteiger partial charge in [0.1, 0.15) is 11.6 Å². The molecule has 8 nitrogen and oxygen atoms in total. The zero-order chi connectivity index (χ0) is 20.7. The van der Waals surface area contributed by atoms with Gasteiger partial charge in [-0.05, 0) is 24.6 Å². The molecule has 0 bridgehead atoms. The summed E-state index contributed by atoms with van der Waals surface area (Å²) in [5.41, 5.74) is 4.20.